The zero-order valence-corrected chi connectivity index (χ0v) is 16.2. The average molecular weight is 351 g/mol. The van der Waals surface area contributed by atoms with E-state index in [4.69, 9.17) is 14.0 Å². The van der Waals surface area contributed by atoms with Crippen LogP contribution in [-0.2, 0) is 15.9 Å². The maximum atomic E-state index is 6.09. The maximum absolute atomic E-state index is 6.09. The zero-order valence-electron chi connectivity index (χ0n) is 16.2. The molecule has 0 N–H and O–H groups in total. The van der Waals surface area contributed by atoms with Gasteiger partial charge < -0.3 is 14.0 Å². The van der Waals surface area contributed by atoms with Crippen LogP contribution in [0, 0.1) is 0 Å². The lowest BCUT2D eigenvalue weighted by Crippen LogP contribution is -2.41. The second kappa shape index (κ2) is 7.26. The third kappa shape index (κ3) is 3.84. The van der Waals surface area contributed by atoms with Gasteiger partial charge in [0.05, 0.1) is 11.2 Å². The number of benzene rings is 2. The largest absolute Gasteiger partial charge is 0.494 e. The van der Waals surface area contributed by atoms with Crippen LogP contribution in [0.25, 0.3) is 0 Å². The minimum absolute atomic E-state index is 0.329. The van der Waals surface area contributed by atoms with Gasteiger partial charge in [-0.2, -0.15) is 0 Å². The molecule has 0 radical (unpaired) electrons. The molecule has 5 heteroatoms. The molecule has 0 aromatic heterocycles. The molecule has 1 aliphatic heterocycles. The van der Waals surface area contributed by atoms with Crippen molar-refractivity contribution in [1.82, 2.24) is 0 Å². The third-order valence-corrected chi connectivity index (χ3v) is 5.09. The van der Waals surface area contributed by atoms with Crippen LogP contribution in [0.5, 0.6) is 5.75 Å². The molecule has 1 fully saturated rings. The molecule has 1 aliphatic rings. The van der Waals surface area contributed by atoms with Crippen molar-refractivity contribution >= 4 is 18.8 Å². The summed E-state index contributed by atoms with van der Waals surface area (Å²) in [4.78, 5) is 4.07. The minimum atomic E-state index is -0.337. The number of hydrogen-bond donors (Lipinski definition) is 0. The summed E-state index contributed by atoms with van der Waals surface area (Å²) in [6.45, 7) is 8.75. The molecule has 1 saturated heterocycles. The quantitative estimate of drug-likeness (QED) is 0.610. The van der Waals surface area contributed by atoms with E-state index in [2.05, 4.69) is 44.8 Å². The van der Waals surface area contributed by atoms with Gasteiger partial charge in [-0.25, -0.2) is 0 Å². The van der Waals surface area contributed by atoms with Gasteiger partial charge in [0.1, 0.15) is 12.4 Å². The van der Waals surface area contributed by atoms with Crippen LogP contribution in [0.1, 0.15) is 38.8 Å². The van der Waals surface area contributed by atoms with Crippen LogP contribution in [0.4, 0.5) is 0 Å². The highest BCUT2D eigenvalue weighted by atomic mass is 16.7. The fourth-order valence-electron chi connectivity index (χ4n) is 2.77. The van der Waals surface area contributed by atoms with E-state index in [1.807, 2.05) is 36.4 Å². The normalized spacial score (nSPS) is 18.4. The first-order valence-corrected chi connectivity index (χ1v) is 8.91. The predicted octanol–water partition coefficient (Wildman–Crippen LogP) is 3.61. The first-order chi connectivity index (χ1) is 12.3. The van der Waals surface area contributed by atoms with Gasteiger partial charge in [-0.05, 0) is 50.9 Å². The van der Waals surface area contributed by atoms with E-state index in [0.717, 1.165) is 22.3 Å². The molecule has 0 atom stereocenters. The molecule has 0 spiro atoms. The van der Waals surface area contributed by atoms with Crippen molar-refractivity contribution in [2.45, 2.75) is 45.5 Å². The Morgan fingerprint density at radius 3 is 2.19 bits per heavy atom. The van der Waals surface area contributed by atoms with Gasteiger partial charge in [-0.3, -0.25) is 4.99 Å². The molecular weight excluding hydrogens is 325 g/mol. The summed E-state index contributed by atoms with van der Waals surface area (Å²) in [6.07, 6.45) is 1.80. The van der Waals surface area contributed by atoms with E-state index < -0.39 is 0 Å². The first-order valence-electron chi connectivity index (χ1n) is 8.91. The fraction of sp³-hybridized carbons (Fsp3) is 0.381. The second-order valence-electron chi connectivity index (χ2n) is 7.54. The molecular formula is C21H26BNO3. The van der Waals surface area contributed by atoms with Crippen LogP contribution < -0.4 is 10.2 Å². The zero-order chi connectivity index (χ0) is 18.8. The summed E-state index contributed by atoms with van der Waals surface area (Å²) >= 11 is 0. The van der Waals surface area contributed by atoms with Crippen molar-refractivity contribution in [1.29, 1.82) is 0 Å². The first kappa shape index (κ1) is 18.7. The number of rotatable bonds is 5. The van der Waals surface area contributed by atoms with Crippen LogP contribution in [0.3, 0.4) is 0 Å². The molecule has 0 aliphatic carbocycles. The summed E-state index contributed by atoms with van der Waals surface area (Å²) in [5.74, 6) is 0.827. The number of hydrogen-bond acceptors (Lipinski definition) is 4. The Labute approximate surface area is 156 Å². The second-order valence-corrected chi connectivity index (χ2v) is 7.54. The SMILES string of the molecule is CN=Cc1ccccc1OCc1ccc(B2OC(C)(C)C(C)(C)O2)cc1. The lowest BCUT2D eigenvalue weighted by Gasteiger charge is -2.32. The summed E-state index contributed by atoms with van der Waals surface area (Å²) in [5.41, 5.74) is 2.43. The Morgan fingerprint density at radius 1 is 0.962 bits per heavy atom. The molecule has 3 rings (SSSR count). The van der Waals surface area contributed by atoms with Crippen LogP contribution in [0.2, 0.25) is 0 Å². The Morgan fingerprint density at radius 2 is 1.58 bits per heavy atom. The van der Waals surface area contributed by atoms with E-state index in [9.17, 15) is 0 Å². The Hall–Kier alpha value is -2.11. The summed E-state index contributed by atoms with van der Waals surface area (Å²) in [6, 6.07) is 16.1. The summed E-state index contributed by atoms with van der Waals surface area (Å²) in [5, 5.41) is 0. The Balaban J connectivity index is 1.66. The number of aliphatic imine (C=N–C) groups is 1. The van der Waals surface area contributed by atoms with E-state index in [1.54, 1.807) is 13.3 Å². The van der Waals surface area contributed by atoms with Crippen molar-refractivity contribution in [2.24, 2.45) is 4.99 Å². The Kier molecular flexibility index (Phi) is 5.21. The molecule has 0 saturated carbocycles. The van der Waals surface area contributed by atoms with Crippen LogP contribution in [0.15, 0.2) is 53.5 Å². The van der Waals surface area contributed by atoms with Crippen molar-refractivity contribution < 1.29 is 14.0 Å². The monoisotopic (exact) mass is 351 g/mol. The minimum Gasteiger partial charge on any atom is -0.488 e. The van der Waals surface area contributed by atoms with Crippen molar-refractivity contribution in [3.8, 4) is 5.75 Å². The van der Waals surface area contributed by atoms with Gasteiger partial charge in [-0.1, -0.05) is 36.4 Å². The van der Waals surface area contributed by atoms with Crippen molar-refractivity contribution in [3.63, 3.8) is 0 Å². The number of ether oxygens (including phenoxy) is 1. The maximum Gasteiger partial charge on any atom is 0.494 e. The van der Waals surface area contributed by atoms with E-state index in [0.29, 0.717) is 6.61 Å². The van der Waals surface area contributed by atoms with Gasteiger partial charge >= 0.3 is 7.12 Å². The highest BCUT2D eigenvalue weighted by Crippen LogP contribution is 2.36. The molecule has 2 aromatic carbocycles. The molecule has 2 aromatic rings. The molecule has 0 bridgehead atoms. The number of nitrogens with zero attached hydrogens (tertiary/aromatic N) is 1. The topological polar surface area (TPSA) is 40.0 Å². The smallest absolute Gasteiger partial charge is 0.488 e. The van der Waals surface area contributed by atoms with E-state index >= 15 is 0 Å². The van der Waals surface area contributed by atoms with Gasteiger partial charge in [0.25, 0.3) is 0 Å². The van der Waals surface area contributed by atoms with E-state index in [1.165, 1.54) is 0 Å². The van der Waals surface area contributed by atoms with Crippen molar-refractivity contribution in [3.05, 3.63) is 59.7 Å². The predicted molar refractivity (Wildman–Crippen MR) is 106 cm³/mol. The average Bonchev–Trinajstić information content (AvgIpc) is 2.82. The van der Waals surface area contributed by atoms with Gasteiger partial charge in [-0.15, -0.1) is 0 Å². The fourth-order valence-corrected chi connectivity index (χ4v) is 2.77. The standard InChI is InChI=1S/C21H26BNO3/c1-20(2)21(3,4)26-22(25-20)18-12-10-16(11-13-18)15-24-19-9-7-6-8-17(19)14-23-5/h6-14H,15H2,1-5H3. The van der Waals surface area contributed by atoms with Crippen LogP contribution in [-0.4, -0.2) is 31.6 Å². The number of para-hydroxylation sites is 1. The molecule has 26 heavy (non-hydrogen) atoms. The third-order valence-electron chi connectivity index (χ3n) is 5.09. The van der Waals surface area contributed by atoms with Crippen LogP contribution >= 0.6 is 0 Å². The summed E-state index contributed by atoms with van der Waals surface area (Å²) in [7, 11) is 1.42. The highest BCUT2D eigenvalue weighted by molar-refractivity contribution is 6.62. The molecule has 136 valence electrons. The summed E-state index contributed by atoms with van der Waals surface area (Å²) < 4.78 is 18.1. The van der Waals surface area contributed by atoms with Gasteiger partial charge in [0.2, 0.25) is 0 Å². The van der Waals surface area contributed by atoms with Gasteiger partial charge in [0.15, 0.2) is 0 Å². The van der Waals surface area contributed by atoms with Gasteiger partial charge in [0, 0.05) is 18.8 Å². The molecule has 4 nitrogen and oxygen atoms in total. The Bertz CT molecular complexity index is 768. The van der Waals surface area contributed by atoms with E-state index in [-0.39, 0.29) is 18.3 Å². The lowest BCUT2D eigenvalue weighted by atomic mass is 9.79. The van der Waals surface area contributed by atoms with Crippen molar-refractivity contribution in [2.75, 3.05) is 7.05 Å². The molecule has 0 unspecified atom stereocenters. The molecule has 1 heterocycles. The highest BCUT2D eigenvalue weighted by Gasteiger charge is 2.51. The lowest BCUT2D eigenvalue weighted by molar-refractivity contribution is 0.00578. The molecule has 0 amide bonds.